The molecule has 0 spiro atoms. The topological polar surface area (TPSA) is 92.3 Å². The van der Waals surface area contributed by atoms with E-state index in [0.717, 1.165) is 16.1 Å². The summed E-state index contributed by atoms with van der Waals surface area (Å²) < 4.78 is 23.3. The van der Waals surface area contributed by atoms with E-state index in [2.05, 4.69) is 20.4 Å². The number of benzene rings is 2. The zero-order valence-electron chi connectivity index (χ0n) is 18.0. The van der Waals surface area contributed by atoms with Crippen LogP contribution in [-0.4, -0.2) is 42.7 Å². The van der Waals surface area contributed by atoms with Crippen molar-refractivity contribution in [2.24, 2.45) is 0 Å². The van der Waals surface area contributed by atoms with E-state index in [9.17, 15) is 13.2 Å². The standard InChI is InChI=1S/C22H26N4O3S2/c1-15-5-7-17(8-6-15)13-23-21(27)22-25-24-20(30-22)14-26(3)16(2)18-9-11-19(12-10-18)31(4,28)29/h5-12,16H,13-14H2,1-4H3,(H,23,27). The number of nitrogens with one attached hydrogen (secondary N) is 1. The summed E-state index contributed by atoms with van der Waals surface area (Å²) in [5, 5.41) is 12.1. The van der Waals surface area contributed by atoms with Crippen molar-refractivity contribution in [1.29, 1.82) is 0 Å². The maximum atomic E-state index is 12.4. The fourth-order valence-electron chi connectivity index (χ4n) is 2.97. The molecule has 3 aromatic rings. The summed E-state index contributed by atoms with van der Waals surface area (Å²) in [5.74, 6) is -0.239. The van der Waals surface area contributed by atoms with Gasteiger partial charge in [-0.25, -0.2) is 8.42 Å². The lowest BCUT2D eigenvalue weighted by atomic mass is 10.1. The summed E-state index contributed by atoms with van der Waals surface area (Å²) in [6.45, 7) is 5.02. The zero-order valence-corrected chi connectivity index (χ0v) is 19.6. The molecule has 31 heavy (non-hydrogen) atoms. The van der Waals surface area contributed by atoms with Crippen LogP contribution in [0.1, 0.15) is 44.5 Å². The Morgan fingerprint density at radius 1 is 1.10 bits per heavy atom. The molecule has 1 unspecified atom stereocenters. The number of aromatic nitrogens is 2. The minimum Gasteiger partial charge on any atom is -0.346 e. The van der Waals surface area contributed by atoms with Gasteiger partial charge in [-0.3, -0.25) is 9.69 Å². The van der Waals surface area contributed by atoms with E-state index in [1.54, 1.807) is 12.1 Å². The van der Waals surface area contributed by atoms with Gasteiger partial charge in [0.25, 0.3) is 5.91 Å². The van der Waals surface area contributed by atoms with Crippen LogP contribution in [-0.2, 0) is 22.9 Å². The number of hydrogen-bond donors (Lipinski definition) is 1. The Kier molecular flexibility index (Phi) is 7.19. The first-order valence-corrected chi connectivity index (χ1v) is 12.5. The van der Waals surface area contributed by atoms with Crippen LogP contribution in [0, 0.1) is 6.92 Å². The smallest absolute Gasteiger partial charge is 0.282 e. The van der Waals surface area contributed by atoms with Gasteiger partial charge in [-0.1, -0.05) is 53.3 Å². The molecule has 1 heterocycles. The summed E-state index contributed by atoms with van der Waals surface area (Å²) in [6, 6.07) is 14.9. The number of rotatable bonds is 8. The average molecular weight is 459 g/mol. The second-order valence-electron chi connectivity index (χ2n) is 7.60. The highest BCUT2D eigenvalue weighted by Crippen LogP contribution is 2.23. The van der Waals surface area contributed by atoms with Crippen LogP contribution < -0.4 is 5.32 Å². The molecule has 2 aromatic carbocycles. The van der Waals surface area contributed by atoms with E-state index in [4.69, 9.17) is 0 Å². The maximum Gasteiger partial charge on any atom is 0.282 e. The third-order valence-electron chi connectivity index (χ3n) is 5.07. The van der Waals surface area contributed by atoms with Gasteiger partial charge >= 0.3 is 0 Å². The summed E-state index contributed by atoms with van der Waals surface area (Å²) >= 11 is 1.27. The third-order valence-corrected chi connectivity index (χ3v) is 7.11. The first kappa shape index (κ1) is 23.1. The quantitative estimate of drug-likeness (QED) is 0.556. The molecule has 0 aliphatic carbocycles. The largest absolute Gasteiger partial charge is 0.346 e. The molecule has 7 nitrogen and oxygen atoms in total. The number of carbonyl (C=O) groups is 1. The summed E-state index contributed by atoms with van der Waals surface area (Å²) in [4.78, 5) is 14.8. The number of hydrogen-bond acceptors (Lipinski definition) is 7. The van der Waals surface area contributed by atoms with Gasteiger partial charge < -0.3 is 5.32 Å². The Labute approximate surface area is 187 Å². The molecule has 1 aromatic heterocycles. The molecule has 164 valence electrons. The molecular weight excluding hydrogens is 432 g/mol. The van der Waals surface area contributed by atoms with Crippen molar-refractivity contribution in [1.82, 2.24) is 20.4 Å². The Balaban J connectivity index is 1.57. The predicted molar refractivity (Wildman–Crippen MR) is 122 cm³/mol. The molecule has 0 radical (unpaired) electrons. The maximum absolute atomic E-state index is 12.4. The van der Waals surface area contributed by atoms with Gasteiger partial charge in [0, 0.05) is 18.8 Å². The average Bonchev–Trinajstić information content (AvgIpc) is 3.20. The Morgan fingerprint density at radius 3 is 2.35 bits per heavy atom. The Bertz CT molecular complexity index is 1140. The van der Waals surface area contributed by atoms with Crippen molar-refractivity contribution in [2.75, 3.05) is 13.3 Å². The summed E-state index contributed by atoms with van der Waals surface area (Å²) in [6.07, 6.45) is 1.20. The normalized spacial score (nSPS) is 12.7. The van der Waals surface area contributed by atoms with Gasteiger partial charge in [-0.15, -0.1) is 10.2 Å². The lowest BCUT2D eigenvalue weighted by Gasteiger charge is -2.24. The highest BCUT2D eigenvalue weighted by Gasteiger charge is 2.18. The highest BCUT2D eigenvalue weighted by molar-refractivity contribution is 7.90. The van der Waals surface area contributed by atoms with Crippen LogP contribution in [0.5, 0.6) is 0 Å². The first-order valence-electron chi connectivity index (χ1n) is 9.80. The molecule has 0 saturated heterocycles. The molecule has 0 aliphatic heterocycles. The molecule has 3 rings (SSSR count). The molecule has 1 amide bonds. The second kappa shape index (κ2) is 9.67. The zero-order chi connectivity index (χ0) is 22.6. The van der Waals surface area contributed by atoms with Crippen LogP contribution in [0.3, 0.4) is 0 Å². The molecule has 0 aliphatic rings. The Morgan fingerprint density at radius 2 is 1.74 bits per heavy atom. The molecule has 1 atom stereocenters. The number of carbonyl (C=O) groups excluding carboxylic acids is 1. The van der Waals surface area contributed by atoms with Crippen molar-refractivity contribution in [3.8, 4) is 0 Å². The van der Waals surface area contributed by atoms with Gasteiger partial charge in [0.15, 0.2) is 9.84 Å². The van der Waals surface area contributed by atoms with Crippen LogP contribution in [0.2, 0.25) is 0 Å². The third kappa shape index (κ3) is 6.19. The molecule has 0 bridgehead atoms. The summed E-state index contributed by atoms with van der Waals surface area (Å²) in [5.41, 5.74) is 3.20. The number of amides is 1. The fraction of sp³-hybridized carbons (Fsp3) is 0.318. The minimum absolute atomic E-state index is 0.0383. The minimum atomic E-state index is -3.21. The lowest BCUT2D eigenvalue weighted by Crippen LogP contribution is -2.22. The molecular formula is C22H26N4O3S2. The van der Waals surface area contributed by atoms with E-state index >= 15 is 0 Å². The first-order chi connectivity index (χ1) is 14.6. The van der Waals surface area contributed by atoms with Gasteiger partial charge in [0.2, 0.25) is 5.01 Å². The number of aryl methyl sites for hydroxylation is 1. The lowest BCUT2D eigenvalue weighted by molar-refractivity contribution is 0.0950. The SMILES string of the molecule is Cc1ccc(CNC(=O)c2nnc(CN(C)C(C)c3ccc(S(C)(=O)=O)cc3)s2)cc1. The van der Waals surface area contributed by atoms with Gasteiger partial charge in [-0.05, 0) is 44.2 Å². The molecule has 0 saturated carbocycles. The van der Waals surface area contributed by atoms with E-state index in [1.165, 1.54) is 23.2 Å². The second-order valence-corrected chi connectivity index (χ2v) is 10.7. The molecule has 0 fully saturated rings. The fourth-order valence-corrected chi connectivity index (χ4v) is 4.42. The van der Waals surface area contributed by atoms with Crippen molar-refractivity contribution >= 4 is 27.1 Å². The van der Waals surface area contributed by atoms with E-state index in [0.29, 0.717) is 23.0 Å². The monoisotopic (exact) mass is 458 g/mol. The summed E-state index contributed by atoms with van der Waals surface area (Å²) in [7, 11) is -1.26. The highest BCUT2D eigenvalue weighted by atomic mass is 32.2. The van der Waals surface area contributed by atoms with Gasteiger partial charge in [0.05, 0.1) is 11.4 Å². The number of nitrogens with zero attached hydrogens (tertiary/aromatic N) is 3. The predicted octanol–water partition coefficient (Wildman–Crippen LogP) is 3.37. The number of sulfone groups is 1. The van der Waals surface area contributed by atoms with Gasteiger partial charge in [0.1, 0.15) is 5.01 Å². The van der Waals surface area contributed by atoms with E-state index in [1.807, 2.05) is 57.3 Å². The molecule has 1 N–H and O–H groups in total. The van der Waals surface area contributed by atoms with Crippen LogP contribution in [0.25, 0.3) is 0 Å². The van der Waals surface area contributed by atoms with Crippen molar-refractivity contribution < 1.29 is 13.2 Å². The van der Waals surface area contributed by atoms with Crippen molar-refractivity contribution in [2.45, 2.75) is 37.9 Å². The van der Waals surface area contributed by atoms with Crippen molar-refractivity contribution in [3.05, 3.63) is 75.2 Å². The van der Waals surface area contributed by atoms with Crippen LogP contribution in [0.15, 0.2) is 53.4 Å². The Hall–Kier alpha value is -2.62. The molecule has 9 heteroatoms. The van der Waals surface area contributed by atoms with E-state index in [-0.39, 0.29) is 11.9 Å². The van der Waals surface area contributed by atoms with E-state index < -0.39 is 9.84 Å². The van der Waals surface area contributed by atoms with Crippen LogP contribution in [0.4, 0.5) is 0 Å². The van der Waals surface area contributed by atoms with Crippen molar-refractivity contribution in [3.63, 3.8) is 0 Å². The van der Waals surface area contributed by atoms with Crippen LogP contribution >= 0.6 is 11.3 Å². The van der Waals surface area contributed by atoms with Gasteiger partial charge in [-0.2, -0.15) is 0 Å².